The van der Waals surface area contributed by atoms with E-state index in [1.54, 1.807) is 6.08 Å². The van der Waals surface area contributed by atoms with E-state index in [9.17, 15) is 35.1 Å². The van der Waals surface area contributed by atoms with Crippen LogP contribution in [0, 0.1) is 0 Å². The molecule has 438 valence electrons. The first-order valence-electron chi connectivity index (χ1n) is 31.4. The summed E-state index contributed by atoms with van der Waals surface area (Å²) in [5.41, 5.74) is 0. The van der Waals surface area contributed by atoms with E-state index in [1.165, 1.54) is 180 Å². The Hall–Kier alpha value is -2.38. The lowest BCUT2D eigenvalue weighted by Crippen LogP contribution is -2.60. The third-order valence-corrected chi connectivity index (χ3v) is 14.6. The zero-order chi connectivity index (χ0) is 54.5. The third kappa shape index (κ3) is 43.2. The van der Waals surface area contributed by atoms with Gasteiger partial charge in [-0.15, -0.1) is 0 Å². The van der Waals surface area contributed by atoms with Gasteiger partial charge in [-0.05, 0) is 89.9 Å². The van der Waals surface area contributed by atoms with Gasteiger partial charge in [-0.2, -0.15) is 0 Å². The lowest BCUT2D eigenvalue weighted by molar-refractivity contribution is -0.302. The molecule has 7 unspecified atom stereocenters. The fourth-order valence-corrected chi connectivity index (χ4v) is 9.60. The molecule has 1 rings (SSSR count). The average molecular weight is 1060 g/mol. The van der Waals surface area contributed by atoms with Crippen LogP contribution in [0.1, 0.15) is 284 Å². The van der Waals surface area contributed by atoms with Crippen LogP contribution in [0.5, 0.6) is 0 Å². The van der Waals surface area contributed by atoms with Crippen LogP contribution in [-0.2, 0) is 23.8 Å². The van der Waals surface area contributed by atoms with Crippen LogP contribution >= 0.6 is 0 Å². The lowest BCUT2D eigenvalue weighted by Gasteiger charge is -2.40. The molecule has 75 heavy (non-hydrogen) atoms. The number of hydrogen-bond donors (Lipinski definition) is 6. The molecule has 0 aromatic rings. The van der Waals surface area contributed by atoms with Gasteiger partial charge >= 0.3 is 5.97 Å². The summed E-state index contributed by atoms with van der Waals surface area (Å²) in [7, 11) is 0. The molecule has 11 heteroatoms. The quantitative estimate of drug-likeness (QED) is 0.0195. The minimum atomic E-state index is -1.58. The highest BCUT2D eigenvalue weighted by molar-refractivity contribution is 5.76. The number of hydrogen-bond acceptors (Lipinski definition) is 10. The normalized spacial score (nSPS) is 19.1. The van der Waals surface area contributed by atoms with E-state index < -0.39 is 49.5 Å². The van der Waals surface area contributed by atoms with Crippen LogP contribution in [0.2, 0.25) is 0 Å². The number of aliphatic hydroxyl groups excluding tert-OH is 5. The van der Waals surface area contributed by atoms with Crippen LogP contribution in [0.15, 0.2) is 48.6 Å². The molecule has 0 radical (unpaired) electrons. The first kappa shape index (κ1) is 70.6. The molecule has 0 saturated carbocycles. The Kier molecular flexibility index (Phi) is 50.5. The fraction of sp³-hybridized carbons (Fsp3) is 0.844. The number of allylic oxidation sites excluding steroid dienone is 7. The lowest BCUT2D eigenvalue weighted by atomic mass is 9.99. The van der Waals surface area contributed by atoms with Crippen LogP contribution in [-0.4, -0.2) is 100 Å². The molecule has 7 atom stereocenters. The van der Waals surface area contributed by atoms with E-state index in [-0.39, 0.29) is 18.5 Å². The molecule has 1 saturated heterocycles. The standard InChI is InChI=1S/C64H117NO10/c1-3-5-7-9-11-13-15-16-27-31-34-38-42-46-50-57(67)56(55-74-64-63(72)62(71)61(70)58(54-66)75-64)65-59(68)51-47-43-39-35-32-28-25-23-21-19-17-18-20-22-24-26-29-33-37-41-45-49-53-73-60(69)52-48-44-40-36-30-14-12-10-8-6-4-2/h10,12,19,21,31,34,46,50,56-58,61-64,66-67,70-72H,3-9,11,13-18,20,22-30,32-33,35-45,47-49,51-55H2,1-2H3,(H,65,68)/b12-10-,21-19-,34-31+,50-46+. The highest BCUT2D eigenvalue weighted by atomic mass is 16.7. The summed E-state index contributed by atoms with van der Waals surface area (Å²) in [5, 5.41) is 54.4. The molecule has 1 aliphatic heterocycles. The average Bonchev–Trinajstić information content (AvgIpc) is 3.41. The van der Waals surface area contributed by atoms with Crippen molar-refractivity contribution in [1.82, 2.24) is 5.32 Å². The topological polar surface area (TPSA) is 175 Å². The van der Waals surface area contributed by atoms with Gasteiger partial charge in [0, 0.05) is 12.8 Å². The molecule has 1 aliphatic rings. The van der Waals surface area contributed by atoms with Crippen molar-refractivity contribution in [3.63, 3.8) is 0 Å². The van der Waals surface area contributed by atoms with Crippen molar-refractivity contribution < 1.29 is 49.3 Å². The summed E-state index contributed by atoms with van der Waals surface area (Å²) in [6.07, 6.45) is 57.8. The van der Waals surface area contributed by atoms with Gasteiger partial charge < -0.3 is 45.1 Å². The molecule has 11 nitrogen and oxygen atoms in total. The minimum Gasteiger partial charge on any atom is -0.466 e. The van der Waals surface area contributed by atoms with E-state index in [4.69, 9.17) is 14.2 Å². The summed E-state index contributed by atoms with van der Waals surface area (Å²) < 4.78 is 16.7. The highest BCUT2D eigenvalue weighted by Crippen LogP contribution is 2.23. The number of rotatable bonds is 54. The second-order valence-electron chi connectivity index (χ2n) is 21.7. The summed E-state index contributed by atoms with van der Waals surface area (Å²) >= 11 is 0. The molecule has 0 aromatic heterocycles. The van der Waals surface area contributed by atoms with E-state index >= 15 is 0 Å². The first-order chi connectivity index (χ1) is 36.7. The third-order valence-electron chi connectivity index (χ3n) is 14.6. The maximum Gasteiger partial charge on any atom is 0.305 e. The number of aliphatic hydroxyl groups is 5. The smallest absolute Gasteiger partial charge is 0.305 e. The van der Waals surface area contributed by atoms with Crippen molar-refractivity contribution >= 4 is 11.9 Å². The second kappa shape index (κ2) is 53.6. The van der Waals surface area contributed by atoms with Crippen LogP contribution in [0.3, 0.4) is 0 Å². The largest absolute Gasteiger partial charge is 0.466 e. The molecular weight excluding hydrogens is 943 g/mol. The molecule has 0 bridgehead atoms. The van der Waals surface area contributed by atoms with Gasteiger partial charge in [0.15, 0.2) is 6.29 Å². The van der Waals surface area contributed by atoms with Crippen LogP contribution < -0.4 is 5.32 Å². The predicted molar refractivity (Wildman–Crippen MR) is 310 cm³/mol. The second-order valence-corrected chi connectivity index (χ2v) is 21.7. The van der Waals surface area contributed by atoms with Crippen molar-refractivity contribution in [3.05, 3.63) is 48.6 Å². The Bertz CT molecular complexity index is 1390. The maximum atomic E-state index is 13.0. The van der Waals surface area contributed by atoms with Gasteiger partial charge in [-0.25, -0.2) is 0 Å². The Balaban J connectivity index is 2.09. The number of nitrogens with one attached hydrogen (secondary N) is 1. The maximum absolute atomic E-state index is 13.0. The molecule has 1 amide bonds. The Morgan fingerprint density at radius 1 is 0.480 bits per heavy atom. The zero-order valence-electron chi connectivity index (χ0n) is 48.3. The van der Waals surface area contributed by atoms with E-state index in [0.29, 0.717) is 19.4 Å². The minimum absolute atomic E-state index is 0.0144. The van der Waals surface area contributed by atoms with Gasteiger partial charge in [-0.1, -0.05) is 229 Å². The van der Waals surface area contributed by atoms with Crippen LogP contribution in [0.25, 0.3) is 0 Å². The number of carbonyl (C=O) groups excluding carboxylic acids is 2. The van der Waals surface area contributed by atoms with E-state index in [1.807, 2.05) is 6.08 Å². The van der Waals surface area contributed by atoms with Crippen molar-refractivity contribution in [1.29, 1.82) is 0 Å². The summed E-state index contributed by atoms with van der Waals surface area (Å²) in [5.74, 6) is -0.213. The summed E-state index contributed by atoms with van der Waals surface area (Å²) in [4.78, 5) is 25.1. The number of unbranched alkanes of at least 4 members (excludes halogenated alkanes) is 34. The Morgan fingerprint density at radius 2 is 0.880 bits per heavy atom. The number of esters is 1. The molecule has 0 spiro atoms. The fourth-order valence-electron chi connectivity index (χ4n) is 9.60. The number of ether oxygens (including phenoxy) is 3. The van der Waals surface area contributed by atoms with Gasteiger partial charge in [-0.3, -0.25) is 9.59 Å². The summed E-state index contributed by atoms with van der Waals surface area (Å²) in [6, 6.07) is -0.833. The monoisotopic (exact) mass is 1060 g/mol. The first-order valence-corrected chi connectivity index (χ1v) is 31.4. The Morgan fingerprint density at radius 3 is 1.36 bits per heavy atom. The van der Waals surface area contributed by atoms with Gasteiger partial charge in [0.1, 0.15) is 24.4 Å². The predicted octanol–water partition coefficient (Wildman–Crippen LogP) is 14.8. The van der Waals surface area contributed by atoms with E-state index in [0.717, 1.165) is 77.0 Å². The van der Waals surface area contributed by atoms with Crippen LogP contribution in [0.4, 0.5) is 0 Å². The van der Waals surface area contributed by atoms with Gasteiger partial charge in [0.25, 0.3) is 0 Å². The molecule has 1 heterocycles. The zero-order valence-corrected chi connectivity index (χ0v) is 48.3. The Labute approximate surface area is 459 Å². The van der Waals surface area contributed by atoms with Gasteiger partial charge in [0.2, 0.25) is 5.91 Å². The SMILES string of the molecule is CCCC/C=C\CCCCCCCC(=O)OCCCCCCCCCCCCC/C=C\CCCCCCCCCC(=O)NC(COC1OC(CO)C(O)C(O)C1O)C(O)/C=C/CC/C=C/CCCCCCCCCC. The van der Waals surface area contributed by atoms with Crippen molar-refractivity contribution in [2.75, 3.05) is 19.8 Å². The molecule has 6 N–H and O–H groups in total. The van der Waals surface area contributed by atoms with Gasteiger partial charge in [0.05, 0.1) is 32.0 Å². The summed E-state index contributed by atoms with van der Waals surface area (Å²) in [6.45, 7) is 4.28. The van der Waals surface area contributed by atoms with Crippen molar-refractivity contribution in [2.45, 2.75) is 326 Å². The van der Waals surface area contributed by atoms with E-state index in [2.05, 4.69) is 55.6 Å². The number of amides is 1. The molecule has 1 fully saturated rings. The molecular formula is C64H117NO10. The molecule has 0 aliphatic carbocycles. The van der Waals surface area contributed by atoms with Crippen molar-refractivity contribution in [2.24, 2.45) is 0 Å². The van der Waals surface area contributed by atoms with Crippen molar-refractivity contribution in [3.8, 4) is 0 Å². The number of carbonyl (C=O) groups is 2. The molecule has 0 aromatic carbocycles. The highest BCUT2D eigenvalue weighted by Gasteiger charge is 2.44.